The first-order valence-electron chi connectivity index (χ1n) is 3.42. The minimum absolute atomic E-state index is 0.552. The van der Waals surface area contributed by atoms with E-state index in [9.17, 15) is 22.4 Å². The molecule has 1 aliphatic heterocycles. The number of hydrogen-bond donors (Lipinski definition) is 1. The molecule has 13 heavy (non-hydrogen) atoms. The van der Waals surface area contributed by atoms with Gasteiger partial charge in [-0.25, -0.2) is 5.32 Å². The molecule has 1 aliphatic rings. The van der Waals surface area contributed by atoms with Crippen LogP contribution in [0.3, 0.4) is 0 Å². The van der Waals surface area contributed by atoms with E-state index in [2.05, 4.69) is 0 Å². The second kappa shape index (κ2) is 3.09. The van der Waals surface area contributed by atoms with Crippen LogP contribution < -0.4 is 5.32 Å². The minimum atomic E-state index is -4.32. The Balaban J connectivity index is 2.76. The summed E-state index contributed by atoms with van der Waals surface area (Å²) < 4.78 is 49.7. The molecule has 1 N–H and O–H groups in total. The highest BCUT2D eigenvalue weighted by Crippen LogP contribution is 2.41. The fourth-order valence-electron chi connectivity index (χ4n) is 1.05. The minimum Gasteiger partial charge on any atom is -0.297 e. The fourth-order valence-corrected chi connectivity index (χ4v) is 1.23. The van der Waals surface area contributed by atoms with Crippen molar-refractivity contribution in [2.75, 3.05) is 5.88 Å². The summed E-state index contributed by atoms with van der Waals surface area (Å²) in [6, 6.07) is -5.87. The van der Waals surface area contributed by atoms with Gasteiger partial charge in [-0.05, 0) is 0 Å². The molecule has 2 nitrogen and oxygen atoms in total. The lowest BCUT2D eigenvalue weighted by Crippen LogP contribution is -2.45. The number of rotatable bonds is 2. The summed E-state index contributed by atoms with van der Waals surface area (Å²) >= 11 is 5.04. The first-order chi connectivity index (χ1) is 5.80. The van der Waals surface area contributed by atoms with Crippen LogP contribution in [-0.2, 0) is 4.79 Å². The van der Waals surface area contributed by atoms with Crippen molar-refractivity contribution in [3.8, 4) is 0 Å². The van der Waals surface area contributed by atoms with Gasteiger partial charge in [-0.1, -0.05) is 0 Å². The average molecular weight is 220 g/mol. The average Bonchev–Trinajstić information content (AvgIpc) is 2.20. The molecule has 76 valence electrons. The van der Waals surface area contributed by atoms with Crippen LogP contribution in [0.1, 0.15) is 6.42 Å². The molecule has 0 saturated carbocycles. The van der Waals surface area contributed by atoms with Gasteiger partial charge >= 0.3 is 12.0 Å². The van der Waals surface area contributed by atoms with E-state index in [0.29, 0.717) is 0 Å². The number of nitrogens with one attached hydrogen (secondary N) is 1. The van der Waals surface area contributed by atoms with Gasteiger partial charge in [0.1, 0.15) is 0 Å². The lowest BCUT2D eigenvalue weighted by Gasteiger charge is -2.16. The molecular formula is C6H6ClF4NO. The Bertz CT molecular complexity index is 217. The Hall–Kier alpha value is -0.360. The highest BCUT2D eigenvalue weighted by molar-refractivity contribution is 6.28. The first-order valence-corrected chi connectivity index (χ1v) is 3.95. The Morgan fingerprint density at radius 1 is 1.46 bits per heavy atom. The Labute approximate surface area is 76.2 Å². The van der Waals surface area contributed by atoms with E-state index in [1.165, 1.54) is 5.32 Å². The molecule has 1 unspecified atom stereocenters. The maximum absolute atomic E-state index is 12.5. The lowest BCUT2D eigenvalue weighted by atomic mass is 10.1. The topological polar surface area (TPSA) is 29.1 Å². The zero-order valence-electron chi connectivity index (χ0n) is 6.29. The number of alkyl halides is 5. The number of carbonyl (C=O) groups is 1. The van der Waals surface area contributed by atoms with Crippen molar-refractivity contribution < 1.29 is 22.4 Å². The zero-order chi connectivity index (χ0) is 10.3. The smallest absolute Gasteiger partial charge is 0.297 e. The van der Waals surface area contributed by atoms with Crippen molar-refractivity contribution in [2.24, 2.45) is 0 Å². The molecule has 0 amide bonds. The van der Waals surface area contributed by atoms with Crippen LogP contribution in [0.4, 0.5) is 17.6 Å². The SMILES string of the molecule is O=C(CCl)C1CC(F)(F)C(F)(F)N1. The van der Waals surface area contributed by atoms with Gasteiger partial charge in [0.15, 0.2) is 5.78 Å². The summed E-state index contributed by atoms with van der Waals surface area (Å²) in [7, 11) is 0. The molecule has 7 heteroatoms. The Kier molecular flexibility index (Phi) is 2.55. The standard InChI is InChI=1S/C6H6ClF4NO/c7-2-4(13)3-1-5(8,9)6(10,11)12-3/h3,12H,1-2H2. The van der Waals surface area contributed by atoms with E-state index in [-0.39, 0.29) is 0 Å². The molecule has 1 heterocycles. The molecule has 1 atom stereocenters. The van der Waals surface area contributed by atoms with Gasteiger partial charge in [0.05, 0.1) is 11.9 Å². The van der Waals surface area contributed by atoms with Crippen LogP contribution in [0.5, 0.6) is 0 Å². The number of hydrogen-bond acceptors (Lipinski definition) is 2. The van der Waals surface area contributed by atoms with Crippen LogP contribution in [0.15, 0.2) is 0 Å². The van der Waals surface area contributed by atoms with Crippen molar-refractivity contribution in [3.63, 3.8) is 0 Å². The van der Waals surface area contributed by atoms with Gasteiger partial charge < -0.3 is 0 Å². The molecule has 1 fully saturated rings. The third-order valence-corrected chi connectivity index (χ3v) is 2.06. The summed E-state index contributed by atoms with van der Waals surface area (Å²) in [5, 5.41) is 1.25. The monoisotopic (exact) mass is 219 g/mol. The maximum atomic E-state index is 12.5. The Morgan fingerprint density at radius 2 is 2.00 bits per heavy atom. The number of carbonyl (C=O) groups excluding carboxylic acids is 1. The molecular weight excluding hydrogens is 214 g/mol. The van der Waals surface area contributed by atoms with Gasteiger partial charge in [-0.2, -0.15) is 17.6 Å². The van der Waals surface area contributed by atoms with E-state index in [1.807, 2.05) is 0 Å². The number of ketones is 1. The van der Waals surface area contributed by atoms with Crippen molar-refractivity contribution in [3.05, 3.63) is 0 Å². The second-order valence-corrected chi connectivity index (χ2v) is 3.05. The number of halogens is 5. The normalized spacial score (nSPS) is 30.4. The molecule has 0 aromatic rings. The highest BCUT2D eigenvalue weighted by Gasteiger charge is 2.64. The van der Waals surface area contributed by atoms with Crippen LogP contribution in [0, 0.1) is 0 Å². The third kappa shape index (κ3) is 1.78. The molecule has 0 aliphatic carbocycles. The fraction of sp³-hybridized carbons (Fsp3) is 0.833. The predicted octanol–water partition coefficient (Wildman–Crippen LogP) is 1.38. The molecule has 0 aromatic carbocycles. The Morgan fingerprint density at radius 3 is 2.31 bits per heavy atom. The first kappa shape index (κ1) is 10.7. The van der Waals surface area contributed by atoms with Crippen molar-refractivity contribution in [1.29, 1.82) is 0 Å². The van der Waals surface area contributed by atoms with Crippen molar-refractivity contribution in [2.45, 2.75) is 24.4 Å². The van der Waals surface area contributed by atoms with E-state index in [0.717, 1.165) is 0 Å². The van der Waals surface area contributed by atoms with Crippen molar-refractivity contribution in [1.82, 2.24) is 5.32 Å². The van der Waals surface area contributed by atoms with Crippen molar-refractivity contribution >= 4 is 17.4 Å². The van der Waals surface area contributed by atoms with E-state index < -0.39 is 36.1 Å². The van der Waals surface area contributed by atoms with Gasteiger partial charge in [-0.15, -0.1) is 11.6 Å². The molecule has 0 spiro atoms. The zero-order valence-corrected chi connectivity index (χ0v) is 7.05. The van der Waals surface area contributed by atoms with Crippen LogP contribution in [-0.4, -0.2) is 29.7 Å². The lowest BCUT2D eigenvalue weighted by molar-refractivity contribution is -0.197. The van der Waals surface area contributed by atoms with E-state index >= 15 is 0 Å². The summed E-state index contributed by atoms with van der Waals surface area (Å²) in [6.45, 7) is 0. The van der Waals surface area contributed by atoms with E-state index in [1.54, 1.807) is 0 Å². The van der Waals surface area contributed by atoms with E-state index in [4.69, 9.17) is 11.6 Å². The van der Waals surface area contributed by atoms with Crippen LogP contribution in [0.25, 0.3) is 0 Å². The summed E-state index contributed by atoms with van der Waals surface area (Å²) in [5.74, 6) is -5.58. The van der Waals surface area contributed by atoms with Crippen LogP contribution >= 0.6 is 11.6 Å². The van der Waals surface area contributed by atoms with Gasteiger partial charge in [0.25, 0.3) is 0 Å². The molecule has 0 radical (unpaired) electrons. The summed E-state index contributed by atoms with van der Waals surface area (Å²) in [5.41, 5.74) is 0. The largest absolute Gasteiger partial charge is 0.365 e. The maximum Gasteiger partial charge on any atom is 0.365 e. The second-order valence-electron chi connectivity index (χ2n) is 2.78. The molecule has 1 rings (SSSR count). The molecule has 1 saturated heterocycles. The molecule has 0 aromatic heterocycles. The quantitative estimate of drug-likeness (QED) is 0.432. The van der Waals surface area contributed by atoms with Crippen LogP contribution in [0.2, 0.25) is 0 Å². The summed E-state index contributed by atoms with van der Waals surface area (Å²) in [4.78, 5) is 10.7. The number of Topliss-reactive ketones (excluding diaryl/α,β-unsaturated/α-hetero) is 1. The van der Waals surface area contributed by atoms with Gasteiger partial charge in [0.2, 0.25) is 0 Å². The van der Waals surface area contributed by atoms with Gasteiger partial charge in [0, 0.05) is 6.42 Å². The third-order valence-electron chi connectivity index (χ3n) is 1.80. The van der Waals surface area contributed by atoms with Gasteiger partial charge in [-0.3, -0.25) is 4.79 Å². The molecule has 0 bridgehead atoms. The predicted molar refractivity (Wildman–Crippen MR) is 37.2 cm³/mol. The highest BCUT2D eigenvalue weighted by atomic mass is 35.5. The summed E-state index contributed by atoms with van der Waals surface area (Å²) in [6.07, 6.45) is -1.20.